The third kappa shape index (κ3) is 13.3. The van der Waals surface area contributed by atoms with Gasteiger partial charge in [-0.05, 0) is 12.2 Å². The Morgan fingerprint density at radius 2 is 1.38 bits per heavy atom. The molecule has 1 heteroatoms. The zero-order valence-corrected chi connectivity index (χ0v) is 11.1. The molecule has 0 amide bonds. The number of ether oxygens (including phenoxy) is 1. The van der Waals surface area contributed by atoms with E-state index < -0.39 is 0 Å². The van der Waals surface area contributed by atoms with Crippen LogP contribution in [0.2, 0.25) is 0 Å². The van der Waals surface area contributed by atoms with Crippen molar-refractivity contribution in [2.24, 2.45) is 0 Å². The van der Waals surface area contributed by atoms with Gasteiger partial charge in [0.1, 0.15) is 6.61 Å². The second kappa shape index (κ2) is 14.3. The summed E-state index contributed by atoms with van der Waals surface area (Å²) in [6.07, 6.45) is 18.9. The predicted octanol–water partition coefficient (Wildman–Crippen LogP) is 5.23. The topological polar surface area (TPSA) is 9.23 Å². The lowest BCUT2D eigenvalue weighted by molar-refractivity contribution is 0.286. The van der Waals surface area contributed by atoms with E-state index in [1.54, 1.807) is 6.26 Å². The second-order valence-electron chi connectivity index (χ2n) is 4.21. The lowest BCUT2D eigenvalue weighted by atomic mass is 10.1. The van der Waals surface area contributed by atoms with E-state index >= 15 is 0 Å². The van der Waals surface area contributed by atoms with Crippen LogP contribution in [-0.2, 0) is 4.74 Å². The van der Waals surface area contributed by atoms with E-state index in [2.05, 4.69) is 13.8 Å². The van der Waals surface area contributed by atoms with Crippen LogP contribution in [-0.4, -0.2) is 6.61 Å². The molecule has 1 nitrogen and oxygen atoms in total. The highest BCUT2D eigenvalue weighted by Gasteiger charge is 1.87. The van der Waals surface area contributed by atoms with Gasteiger partial charge in [-0.1, -0.05) is 71.3 Å². The van der Waals surface area contributed by atoms with Crippen LogP contribution in [0.4, 0.5) is 0 Å². The summed E-state index contributed by atoms with van der Waals surface area (Å²) in [5.74, 6) is 0. The zero-order chi connectivity index (χ0) is 11.9. The molecule has 0 saturated carbocycles. The van der Waals surface area contributed by atoms with Gasteiger partial charge < -0.3 is 4.74 Å². The summed E-state index contributed by atoms with van der Waals surface area (Å²) in [6, 6.07) is 0. The highest BCUT2D eigenvalue weighted by Crippen LogP contribution is 2.07. The molecule has 0 N–H and O–H groups in total. The SMILES string of the molecule is C1=CCOC=C1.CCCCCCCCCC. The molecule has 0 aromatic heterocycles. The molecular formula is C15H28O. The van der Waals surface area contributed by atoms with Crippen molar-refractivity contribution in [3.8, 4) is 0 Å². The molecule has 1 aliphatic heterocycles. The van der Waals surface area contributed by atoms with Crippen molar-refractivity contribution >= 4 is 0 Å². The van der Waals surface area contributed by atoms with E-state index in [1.807, 2.05) is 18.2 Å². The number of rotatable bonds is 7. The summed E-state index contributed by atoms with van der Waals surface area (Å²) in [6.45, 7) is 5.27. The molecule has 0 unspecified atom stereocenters. The largest absolute Gasteiger partial charge is 0.497 e. The van der Waals surface area contributed by atoms with Crippen LogP contribution in [0.15, 0.2) is 24.5 Å². The molecular weight excluding hydrogens is 196 g/mol. The molecule has 0 aromatic rings. The summed E-state index contributed by atoms with van der Waals surface area (Å²) in [5.41, 5.74) is 0. The maximum atomic E-state index is 4.80. The monoisotopic (exact) mass is 224 g/mol. The highest BCUT2D eigenvalue weighted by atomic mass is 16.5. The Morgan fingerprint density at radius 1 is 0.812 bits per heavy atom. The molecule has 0 saturated heterocycles. The molecule has 0 atom stereocenters. The maximum absolute atomic E-state index is 4.80. The number of hydrogen-bond donors (Lipinski definition) is 0. The van der Waals surface area contributed by atoms with Gasteiger partial charge in [0.2, 0.25) is 0 Å². The van der Waals surface area contributed by atoms with Gasteiger partial charge in [0.15, 0.2) is 0 Å². The van der Waals surface area contributed by atoms with Crippen molar-refractivity contribution in [3.05, 3.63) is 24.5 Å². The third-order valence-corrected chi connectivity index (χ3v) is 2.57. The summed E-state index contributed by atoms with van der Waals surface area (Å²) in [5, 5.41) is 0. The van der Waals surface area contributed by atoms with E-state index in [9.17, 15) is 0 Å². The lowest BCUT2D eigenvalue weighted by Gasteiger charge is -1.97. The lowest BCUT2D eigenvalue weighted by Crippen LogP contribution is -1.82. The van der Waals surface area contributed by atoms with Gasteiger partial charge in [0, 0.05) is 0 Å². The van der Waals surface area contributed by atoms with E-state index in [0.29, 0.717) is 0 Å². The van der Waals surface area contributed by atoms with Crippen LogP contribution >= 0.6 is 0 Å². The number of unbranched alkanes of at least 4 members (excludes halogenated alkanes) is 7. The van der Waals surface area contributed by atoms with E-state index in [0.717, 1.165) is 6.61 Å². The molecule has 0 radical (unpaired) electrons. The number of allylic oxidation sites excluding steroid dienone is 2. The minimum absolute atomic E-state index is 0.733. The Kier molecular flexibility index (Phi) is 13.6. The number of hydrogen-bond acceptors (Lipinski definition) is 1. The van der Waals surface area contributed by atoms with Crippen molar-refractivity contribution < 1.29 is 4.74 Å². The van der Waals surface area contributed by atoms with Gasteiger partial charge in [-0.25, -0.2) is 0 Å². The van der Waals surface area contributed by atoms with Crippen molar-refractivity contribution in [3.63, 3.8) is 0 Å². The Hall–Kier alpha value is -0.720. The second-order valence-corrected chi connectivity index (χ2v) is 4.21. The zero-order valence-electron chi connectivity index (χ0n) is 11.1. The first-order valence-electron chi connectivity index (χ1n) is 6.85. The van der Waals surface area contributed by atoms with Gasteiger partial charge in [-0.15, -0.1) is 0 Å². The molecule has 94 valence electrons. The fraction of sp³-hybridized carbons (Fsp3) is 0.733. The fourth-order valence-corrected chi connectivity index (χ4v) is 1.55. The normalized spacial score (nSPS) is 12.9. The maximum Gasteiger partial charge on any atom is 0.106 e. The first-order valence-corrected chi connectivity index (χ1v) is 6.85. The van der Waals surface area contributed by atoms with Crippen molar-refractivity contribution in [1.29, 1.82) is 0 Å². The van der Waals surface area contributed by atoms with Crippen molar-refractivity contribution in [1.82, 2.24) is 0 Å². The molecule has 1 aliphatic rings. The Balaban J connectivity index is 0.000000315. The first-order chi connectivity index (χ1) is 7.91. The van der Waals surface area contributed by atoms with Gasteiger partial charge >= 0.3 is 0 Å². The Bertz CT molecular complexity index is 150. The molecule has 1 heterocycles. The third-order valence-electron chi connectivity index (χ3n) is 2.57. The van der Waals surface area contributed by atoms with Gasteiger partial charge in [0.05, 0.1) is 6.26 Å². The summed E-state index contributed by atoms with van der Waals surface area (Å²) < 4.78 is 4.80. The Morgan fingerprint density at radius 3 is 1.62 bits per heavy atom. The summed E-state index contributed by atoms with van der Waals surface area (Å²) in [7, 11) is 0. The average Bonchev–Trinajstić information content (AvgIpc) is 2.37. The molecule has 0 aliphatic carbocycles. The average molecular weight is 224 g/mol. The predicted molar refractivity (Wildman–Crippen MR) is 72.5 cm³/mol. The highest BCUT2D eigenvalue weighted by molar-refractivity contribution is 5.02. The Labute approximate surface area is 102 Å². The van der Waals surface area contributed by atoms with Crippen molar-refractivity contribution in [2.75, 3.05) is 6.61 Å². The van der Waals surface area contributed by atoms with Crippen molar-refractivity contribution in [2.45, 2.75) is 65.2 Å². The molecule has 0 aromatic carbocycles. The summed E-state index contributed by atoms with van der Waals surface area (Å²) in [4.78, 5) is 0. The quantitative estimate of drug-likeness (QED) is 0.538. The molecule has 1 rings (SSSR count). The van der Waals surface area contributed by atoms with Crippen LogP contribution < -0.4 is 0 Å². The van der Waals surface area contributed by atoms with Crippen LogP contribution in [0.3, 0.4) is 0 Å². The van der Waals surface area contributed by atoms with Crippen LogP contribution in [0, 0.1) is 0 Å². The minimum Gasteiger partial charge on any atom is -0.497 e. The molecule has 0 spiro atoms. The standard InChI is InChI=1S/C10H22.C5H6O/c1-3-5-7-9-10-8-6-4-2;1-2-4-6-5-3-1/h3-10H2,1-2H3;1-4H,5H2. The van der Waals surface area contributed by atoms with E-state index in [-0.39, 0.29) is 0 Å². The molecule has 0 bridgehead atoms. The van der Waals surface area contributed by atoms with Crippen LogP contribution in [0.25, 0.3) is 0 Å². The van der Waals surface area contributed by atoms with E-state index in [1.165, 1.54) is 51.4 Å². The fourth-order valence-electron chi connectivity index (χ4n) is 1.55. The molecule has 0 fully saturated rings. The van der Waals surface area contributed by atoms with Crippen LogP contribution in [0.5, 0.6) is 0 Å². The minimum atomic E-state index is 0.733. The van der Waals surface area contributed by atoms with Crippen LogP contribution in [0.1, 0.15) is 65.2 Å². The van der Waals surface area contributed by atoms with E-state index in [4.69, 9.17) is 4.74 Å². The smallest absolute Gasteiger partial charge is 0.106 e. The molecule has 16 heavy (non-hydrogen) atoms. The summed E-state index contributed by atoms with van der Waals surface area (Å²) >= 11 is 0. The van der Waals surface area contributed by atoms with Gasteiger partial charge in [-0.2, -0.15) is 0 Å². The van der Waals surface area contributed by atoms with Gasteiger partial charge in [-0.3, -0.25) is 0 Å². The van der Waals surface area contributed by atoms with Gasteiger partial charge in [0.25, 0.3) is 0 Å². The first kappa shape index (κ1) is 15.3.